The van der Waals surface area contributed by atoms with Crippen LogP contribution in [0.2, 0.25) is 0 Å². The van der Waals surface area contributed by atoms with Crippen molar-refractivity contribution in [1.82, 2.24) is 20.6 Å². The number of aromatic amines is 1. The molecule has 2 amide bonds. The average Bonchev–Trinajstić information content (AvgIpc) is 3.13. The molecular weight excluding hydrogens is 329 g/mol. The Morgan fingerprint density at radius 2 is 2.16 bits per heavy atom. The standard InChI is InChI=1S/C16H16FN5O3/c1-8-15(22-25-21-8)20-16(24)14(19-9(2)23)5-10-7-18-13-6-11(17)3-4-12(10)13/h3-4,6-7,14,18H,5H2,1-2H3,(H,19,23)(H,20,22,24)/t14-/m1/s1. The predicted octanol–water partition coefficient (Wildman–Crippen LogP) is 1.68. The number of rotatable bonds is 5. The lowest BCUT2D eigenvalue weighted by Gasteiger charge is -2.16. The van der Waals surface area contributed by atoms with Crippen LogP contribution in [0.15, 0.2) is 29.0 Å². The molecular formula is C16H16FN5O3. The Morgan fingerprint density at radius 1 is 1.36 bits per heavy atom. The molecule has 1 aromatic carbocycles. The van der Waals surface area contributed by atoms with Crippen molar-refractivity contribution in [2.45, 2.75) is 26.3 Å². The van der Waals surface area contributed by atoms with E-state index in [1.165, 1.54) is 19.1 Å². The maximum absolute atomic E-state index is 13.3. The molecule has 0 radical (unpaired) electrons. The summed E-state index contributed by atoms with van der Waals surface area (Å²) in [5.41, 5.74) is 1.82. The Morgan fingerprint density at radius 3 is 2.84 bits per heavy atom. The fourth-order valence-electron chi connectivity index (χ4n) is 2.55. The van der Waals surface area contributed by atoms with Crippen molar-refractivity contribution in [3.05, 3.63) is 41.5 Å². The highest BCUT2D eigenvalue weighted by atomic mass is 19.1. The van der Waals surface area contributed by atoms with Crippen molar-refractivity contribution in [2.24, 2.45) is 0 Å². The van der Waals surface area contributed by atoms with E-state index in [2.05, 4.69) is 30.6 Å². The molecule has 0 saturated heterocycles. The number of benzene rings is 1. The van der Waals surface area contributed by atoms with Gasteiger partial charge in [0.25, 0.3) is 0 Å². The van der Waals surface area contributed by atoms with Crippen LogP contribution in [0.25, 0.3) is 10.9 Å². The van der Waals surface area contributed by atoms with Gasteiger partial charge in [-0.15, -0.1) is 0 Å². The van der Waals surface area contributed by atoms with Gasteiger partial charge in [-0.2, -0.15) is 0 Å². The average molecular weight is 345 g/mol. The lowest BCUT2D eigenvalue weighted by molar-refractivity contribution is -0.125. The summed E-state index contributed by atoms with van der Waals surface area (Å²) >= 11 is 0. The lowest BCUT2D eigenvalue weighted by Crippen LogP contribution is -2.44. The van der Waals surface area contributed by atoms with Crippen molar-refractivity contribution >= 4 is 28.5 Å². The van der Waals surface area contributed by atoms with E-state index < -0.39 is 11.9 Å². The number of anilines is 1. The van der Waals surface area contributed by atoms with Crippen LogP contribution in [0.5, 0.6) is 0 Å². The van der Waals surface area contributed by atoms with E-state index in [1.807, 2.05) is 0 Å². The molecule has 3 N–H and O–H groups in total. The Bertz CT molecular complexity index is 933. The van der Waals surface area contributed by atoms with Crippen LogP contribution in [0.1, 0.15) is 18.2 Å². The summed E-state index contributed by atoms with van der Waals surface area (Å²) < 4.78 is 17.8. The van der Waals surface area contributed by atoms with Gasteiger partial charge < -0.3 is 15.6 Å². The van der Waals surface area contributed by atoms with Crippen LogP contribution in [0.3, 0.4) is 0 Å². The first kappa shape index (κ1) is 16.6. The second-order valence-corrected chi connectivity index (χ2v) is 5.65. The molecule has 3 aromatic rings. The smallest absolute Gasteiger partial charge is 0.248 e. The summed E-state index contributed by atoms with van der Waals surface area (Å²) in [6, 6.07) is 3.51. The van der Waals surface area contributed by atoms with Gasteiger partial charge in [-0.25, -0.2) is 9.02 Å². The number of carbonyl (C=O) groups is 2. The van der Waals surface area contributed by atoms with Crippen LogP contribution < -0.4 is 10.6 Å². The minimum atomic E-state index is -0.836. The van der Waals surface area contributed by atoms with Gasteiger partial charge >= 0.3 is 0 Å². The number of aromatic nitrogens is 3. The van der Waals surface area contributed by atoms with Crippen molar-refractivity contribution in [2.75, 3.05) is 5.32 Å². The number of H-pyrrole nitrogens is 1. The third-order valence-corrected chi connectivity index (χ3v) is 3.74. The Hall–Kier alpha value is -3.23. The highest BCUT2D eigenvalue weighted by Crippen LogP contribution is 2.21. The molecule has 0 bridgehead atoms. The van der Waals surface area contributed by atoms with Crippen molar-refractivity contribution < 1.29 is 18.6 Å². The molecule has 0 aliphatic rings. The topological polar surface area (TPSA) is 113 Å². The molecule has 25 heavy (non-hydrogen) atoms. The van der Waals surface area contributed by atoms with Crippen molar-refractivity contribution in [1.29, 1.82) is 0 Å². The van der Waals surface area contributed by atoms with Gasteiger partial charge in [0.05, 0.1) is 0 Å². The van der Waals surface area contributed by atoms with E-state index in [-0.39, 0.29) is 24.0 Å². The first-order chi connectivity index (χ1) is 11.9. The molecule has 1 atom stereocenters. The molecule has 8 nitrogen and oxygen atoms in total. The van der Waals surface area contributed by atoms with Crippen LogP contribution >= 0.6 is 0 Å². The first-order valence-corrected chi connectivity index (χ1v) is 7.56. The monoisotopic (exact) mass is 345 g/mol. The Balaban J connectivity index is 1.83. The minimum absolute atomic E-state index is 0.196. The molecule has 130 valence electrons. The number of nitrogens with one attached hydrogen (secondary N) is 3. The molecule has 0 unspecified atom stereocenters. The summed E-state index contributed by atoms with van der Waals surface area (Å²) in [7, 11) is 0. The zero-order valence-electron chi connectivity index (χ0n) is 13.6. The highest BCUT2D eigenvalue weighted by molar-refractivity contribution is 5.97. The van der Waals surface area contributed by atoms with E-state index in [0.717, 1.165) is 10.9 Å². The van der Waals surface area contributed by atoms with Gasteiger partial charge in [-0.3, -0.25) is 9.59 Å². The number of aryl methyl sites for hydroxylation is 1. The zero-order chi connectivity index (χ0) is 18.0. The quantitative estimate of drug-likeness (QED) is 0.651. The van der Waals surface area contributed by atoms with E-state index in [4.69, 9.17) is 0 Å². The fraction of sp³-hybridized carbons (Fsp3) is 0.250. The molecule has 0 aliphatic heterocycles. The number of carbonyl (C=O) groups excluding carboxylic acids is 2. The molecule has 2 heterocycles. The van der Waals surface area contributed by atoms with Crippen molar-refractivity contribution in [3.8, 4) is 0 Å². The minimum Gasteiger partial charge on any atom is -0.361 e. The van der Waals surface area contributed by atoms with Gasteiger partial charge in [0, 0.05) is 30.4 Å². The summed E-state index contributed by atoms with van der Waals surface area (Å²) in [6.07, 6.45) is 1.91. The molecule has 9 heteroatoms. The number of hydrogen-bond donors (Lipinski definition) is 3. The number of halogens is 1. The van der Waals surface area contributed by atoms with Crippen LogP contribution in [-0.2, 0) is 16.0 Å². The third kappa shape index (κ3) is 3.65. The van der Waals surface area contributed by atoms with Gasteiger partial charge in [-0.1, -0.05) is 5.16 Å². The molecule has 0 fully saturated rings. The maximum atomic E-state index is 13.3. The van der Waals surface area contributed by atoms with Gasteiger partial charge in [-0.05, 0) is 35.8 Å². The van der Waals surface area contributed by atoms with E-state index >= 15 is 0 Å². The van der Waals surface area contributed by atoms with E-state index in [9.17, 15) is 14.0 Å². The summed E-state index contributed by atoms with van der Waals surface area (Å²) in [5, 5.41) is 13.1. The van der Waals surface area contributed by atoms with Gasteiger partial charge in [0.15, 0.2) is 5.82 Å². The van der Waals surface area contributed by atoms with Gasteiger partial charge in [0.2, 0.25) is 11.8 Å². The van der Waals surface area contributed by atoms with E-state index in [0.29, 0.717) is 11.2 Å². The molecule has 3 rings (SSSR count). The molecule has 0 saturated carbocycles. The number of nitrogens with zero attached hydrogens (tertiary/aromatic N) is 2. The Kier molecular flexibility index (Phi) is 4.46. The molecule has 2 aromatic heterocycles. The maximum Gasteiger partial charge on any atom is 0.248 e. The largest absolute Gasteiger partial charge is 0.361 e. The summed E-state index contributed by atoms with van der Waals surface area (Å²) in [4.78, 5) is 26.9. The third-order valence-electron chi connectivity index (χ3n) is 3.74. The zero-order valence-corrected chi connectivity index (χ0v) is 13.6. The van der Waals surface area contributed by atoms with Crippen LogP contribution in [0.4, 0.5) is 10.2 Å². The fourth-order valence-corrected chi connectivity index (χ4v) is 2.55. The van der Waals surface area contributed by atoms with Crippen LogP contribution in [-0.4, -0.2) is 33.2 Å². The number of amides is 2. The summed E-state index contributed by atoms with van der Waals surface area (Å²) in [6.45, 7) is 2.96. The summed E-state index contributed by atoms with van der Waals surface area (Å²) in [5.74, 6) is -0.959. The van der Waals surface area contributed by atoms with E-state index in [1.54, 1.807) is 19.2 Å². The second kappa shape index (κ2) is 6.71. The van der Waals surface area contributed by atoms with Crippen LogP contribution in [0, 0.1) is 12.7 Å². The lowest BCUT2D eigenvalue weighted by atomic mass is 10.0. The van der Waals surface area contributed by atoms with Gasteiger partial charge in [0.1, 0.15) is 17.6 Å². The predicted molar refractivity (Wildman–Crippen MR) is 87.2 cm³/mol. The number of fused-ring (bicyclic) bond motifs is 1. The highest BCUT2D eigenvalue weighted by Gasteiger charge is 2.23. The first-order valence-electron chi connectivity index (χ1n) is 7.56. The molecule has 0 spiro atoms. The van der Waals surface area contributed by atoms with Crippen molar-refractivity contribution in [3.63, 3.8) is 0 Å². The number of hydrogen-bond acceptors (Lipinski definition) is 5. The SMILES string of the molecule is CC(=O)N[C@H](Cc1c[nH]c2cc(F)ccc12)C(=O)Nc1nonc1C. The Labute approximate surface area is 141 Å². The normalized spacial score (nSPS) is 12.1. The second-order valence-electron chi connectivity index (χ2n) is 5.65. The molecule has 0 aliphatic carbocycles.